The Hall–Kier alpha value is -2.14. The van der Waals surface area contributed by atoms with Crippen molar-refractivity contribution >= 4 is 0 Å². The van der Waals surface area contributed by atoms with E-state index in [2.05, 4.69) is 15.3 Å². The maximum atomic E-state index is 5.46. The Kier molecular flexibility index (Phi) is 3.29. The lowest BCUT2D eigenvalue weighted by Crippen LogP contribution is -2.14. The van der Waals surface area contributed by atoms with Gasteiger partial charge in [0.1, 0.15) is 0 Å². The second-order valence-electron chi connectivity index (χ2n) is 4.40. The highest BCUT2D eigenvalue weighted by atomic mass is 16.7. The first-order valence-electron chi connectivity index (χ1n) is 6.18. The van der Waals surface area contributed by atoms with Crippen LogP contribution in [0, 0.1) is 6.92 Å². The minimum Gasteiger partial charge on any atom is -0.454 e. The Bertz CT molecular complexity index is 569. The zero-order valence-electron chi connectivity index (χ0n) is 10.7. The molecule has 0 aliphatic carbocycles. The second-order valence-corrected chi connectivity index (χ2v) is 4.40. The van der Waals surface area contributed by atoms with Gasteiger partial charge in [0.15, 0.2) is 11.5 Å². The number of hydrogen-bond donors (Lipinski definition) is 1. The number of fused-ring (bicyclic) bond motifs is 1. The Morgan fingerprint density at radius 3 is 2.95 bits per heavy atom. The third kappa shape index (κ3) is 2.66. The van der Waals surface area contributed by atoms with Crippen molar-refractivity contribution in [1.82, 2.24) is 15.3 Å². The Morgan fingerprint density at radius 1 is 1.16 bits per heavy atom. The molecule has 5 heteroatoms. The number of nitrogens with one attached hydrogen (secondary N) is 1. The largest absolute Gasteiger partial charge is 0.454 e. The van der Waals surface area contributed by atoms with Gasteiger partial charge in [0.25, 0.3) is 0 Å². The summed E-state index contributed by atoms with van der Waals surface area (Å²) < 4.78 is 10.8. The van der Waals surface area contributed by atoms with Crippen LogP contribution in [0.4, 0.5) is 0 Å². The van der Waals surface area contributed by atoms with E-state index in [0.29, 0.717) is 19.9 Å². The lowest BCUT2D eigenvalue weighted by molar-refractivity contribution is 0.173. The molecule has 1 aliphatic rings. The number of nitrogens with zero attached hydrogens (tertiary/aromatic N) is 2. The summed E-state index contributed by atoms with van der Waals surface area (Å²) in [6, 6.07) is 5.91. The summed E-state index contributed by atoms with van der Waals surface area (Å²) in [6.07, 6.45) is 3.56. The fraction of sp³-hybridized carbons (Fsp3) is 0.286. The van der Waals surface area contributed by atoms with Crippen molar-refractivity contribution < 1.29 is 9.47 Å². The van der Waals surface area contributed by atoms with E-state index in [0.717, 1.165) is 28.5 Å². The van der Waals surface area contributed by atoms with E-state index in [9.17, 15) is 0 Å². The Balaban J connectivity index is 1.61. The van der Waals surface area contributed by atoms with Gasteiger partial charge in [-0.05, 0) is 13.0 Å². The SMILES string of the molecule is Cc1cnc(CNCc2cccc3c2OCO3)cn1. The van der Waals surface area contributed by atoms with Crippen LogP contribution in [0.3, 0.4) is 0 Å². The first kappa shape index (κ1) is 11.9. The number of aryl methyl sites for hydroxylation is 1. The average Bonchev–Trinajstić information content (AvgIpc) is 2.90. The summed E-state index contributed by atoms with van der Waals surface area (Å²) in [5, 5.41) is 3.33. The van der Waals surface area contributed by atoms with Gasteiger partial charge < -0.3 is 14.8 Å². The maximum absolute atomic E-state index is 5.46. The summed E-state index contributed by atoms with van der Waals surface area (Å²) in [4.78, 5) is 8.52. The van der Waals surface area contributed by atoms with Gasteiger partial charge in [-0.3, -0.25) is 9.97 Å². The zero-order chi connectivity index (χ0) is 13.1. The van der Waals surface area contributed by atoms with Crippen LogP contribution in [0.5, 0.6) is 11.5 Å². The first-order chi connectivity index (χ1) is 9.33. The van der Waals surface area contributed by atoms with Crippen molar-refractivity contribution in [1.29, 1.82) is 0 Å². The van der Waals surface area contributed by atoms with Crippen molar-refractivity contribution in [3.8, 4) is 11.5 Å². The van der Waals surface area contributed by atoms with Gasteiger partial charge in [-0.25, -0.2) is 0 Å². The summed E-state index contributed by atoms with van der Waals surface area (Å²) in [7, 11) is 0. The number of ether oxygens (including phenoxy) is 2. The summed E-state index contributed by atoms with van der Waals surface area (Å²) in [5.74, 6) is 1.65. The molecule has 98 valence electrons. The van der Waals surface area contributed by atoms with E-state index < -0.39 is 0 Å². The zero-order valence-corrected chi connectivity index (χ0v) is 10.7. The van der Waals surface area contributed by atoms with Crippen LogP contribution in [0.2, 0.25) is 0 Å². The van der Waals surface area contributed by atoms with E-state index in [1.165, 1.54) is 0 Å². The molecule has 2 aromatic rings. The summed E-state index contributed by atoms with van der Waals surface area (Å²) in [5.41, 5.74) is 2.94. The number of aromatic nitrogens is 2. The van der Waals surface area contributed by atoms with Gasteiger partial charge in [-0.1, -0.05) is 12.1 Å². The van der Waals surface area contributed by atoms with Crippen molar-refractivity contribution in [2.75, 3.05) is 6.79 Å². The van der Waals surface area contributed by atoms with Gasteiger partial charge in [0.05, 0.1) is 11.4 Å². The molecule has 5 nitrogen and oxygen atoms in total. The van der Waals surface area contributed by atoms with Gasteiger partial charge in [0, 0.05) is 31.0 Å². The average molecular weight is 257 g/mol. The van der Waals surface area contributed by atoms with Gasteiger partial charge in [0.2, 0.25) is 6.79 Å². The molecule has 0 bridgehead atoms. The van der Waals surface area contributed by atoms with Crippen LogP contribution in [0.15, 0.2) is 30.6 Å². The minimum atomic E-state index is 0.301. The van der Waals surface area contributed by atoms with Crippen molar-refractivity contribution in [3.63, 3.8) is 0 Å². The molecule has 0 amide bonds. The maximum Gasteiger partial charge on any atom is 0.231 e. The lowest BCUT2D eigenvalue weighted by Gasteiger charge is -2.07. The van der Waals surface area contributed by atoms with E-state index >= 15 is 0 Å². The van der Waals surface area contributed by atoms with Crippen LogP contribution < -0.4 is 14.8 Å². The number of para-hydroxylation sites is 1. The molecule has 0 radical (unpaired) electrons. The molecule has 0 unspecified atom stereocenters. The molecule has 0 saturated carbocycles. The minimum absolute atomic E-state index is 0.301. The van der Waals surface area contributed by atoms with Crippen LogP contribution >= 0.6 is 0 Å². The summed E-state index contributed by atoms with van der Waals surface area (Å²) >= 11 is 0. The predicted molar refractivity (Wildman–Crippen MR) is 69.9 cm³/mol. The van der Waals surface area contributed by atoms with Crippen molar-refractivity contribution in [2.45, 2.75) is 20.0 Å². The molecular formula is C14H15N3O2. The van der Waals surface area contributed by atoms with Crippen LogP contribution in [-0.2, 0) is 13.1 Å². The van der Waals surface area contributed by atoms with Crippen LogP contribution in [0.1, 0.15) is 17.0 Å². The highest BCUT2D eigenvalue weighted by Crippen LogP contribution is 2.35. The predicted octanol–water partition coefficient (Wildman–Crippen LogP) is 1.80. The van der Waals surface area contributed by atoms with Gasteiger partial charge in [-0.2, -0.15) is 0 Å². The van der Waals surface area contributed by atoms with Gasteiger partial charge in [-0.15, -0.1) is 0 Å². The number of benzene rings is 1. The molecule has 0 fully saturated rings. The van der Waals surface area contributed by atoms with E-state index in [1.807, 2.05) is 25.1 Å². The number of rotatable bonds is 4. The fourth-order valence-corrected chi connectivity index (χ4v) is 1.97. The molecule has 3 rings (SSSR count). The summed E-state index contributed by atoms with van der Waals surface area (Å²) in [6.45, 7) is 3.62. The molecule has 2 heterocycles. The quantitative estimate of drug-likeness (QED) is 0.905. The van der Waals surface area contributed by atoms with Crippen molar-refractivity contribution in [3.05, 3.63) is 47.5 Å². The van der Waals surface area contributed by atoms with E-state index in [4.69, 9.17) is 9.47 Å². The van der Waals surface area contributed by atoms with E-state index in [1.54, 1.807) is 12.4 Å². The molecule has 1 aromatic heterocycles. The number of hydrogen-bond acceptors (Lipinski definition) is 5. The normalized spacial score (nSPS) is 12.7. The smallest absolute Gasteiger partial charge is 0.231 e. The van der Waals surface area contributed by atoms with Crippen LogP contribution in [0.25, 0.3) is 0 Å². The molecule has 0 spiro atoms. The third-order valence-corrected chi connectivity index (χ3v) is 2.93. The molecular weight excluding hydrogens is 242 g/mol. The highest BCUT2D eigenvalue weighted by Gasteiger charge is 2.16. The van der Waals surface area contributed by atoms with Crippen molar-refractivity contribution in [2.24, 2.45) is 0 Å². The Labute approximate surface area is 111 Å². The van der Waals surface area contributed by atoms with E-state index in [-0.39, 0.29) is 0 Å². The lowest BCUT2D eigenvalue weighted by atomic mass is 10.2. The highest BCUT2D eigenvalue weighted by molar-refractivity contribution is 5.48. The third-order valence-electron chi connectivity index (χ3n) is 2.93. The monoisotopic (exact) mass is 257 g/mol. The molecule has 1 N–H and O–H groups in total. The molecule has 0 saturated heterocycles. The first-order valence-corrected chi connectivity index (χ1v) is 6.18. The standard InChI is InChI=1S/C14H15N3O2/c1-10-5-17-12(8-16-10)7-15-6-11-3-2-4-13-14(11)19-9-18-13/h2-5,8,15H,6-7,9H2,1H3. The fourth-order valence-electron chi connectivity index (χ4n) is 1.97. The topological polar surface area (TPSA) is 56.3 Å². The second kappa shape index (κ2) is 5.24. The molecule has 1 aliphatic heterocycles. The van der Waals surface area contributed by atoms with Gasteiger partial charge >= 0.3 is 0 Å². The molecule has 0 atom stereocenters. The van der Waals surface area contributed by atoms with Crippen LogP contribution in [-0.4, -0.2) is 16.8 Å². The Morgan fingerprint density at radius 2 is 2.11 bits per heavy atom. The molecule has 1 aromatic carbocycles. The molecule has 19 heavy (non-hydrogen) atoms.